The van der Waals surface area contributed by atoms with Crippen LogP contribution in [0, 0.1) is 0 Å². The first-order valence-electron chi connectivity index (χ1n) is 5.48. The summed E-state index contributed by atoms with van der Waals surface area (Å²) in [5.74, 6) is 0. The van der Waals surface area contributed by atoms with Crippen molar-refractivity contribution < 1.29 is 8.42 Å². The van der Waals surface area contributed by atoms with Crippen LogP contribution in [0.2, 0.25) is 5.02 Å². The predicted octanol–water partition coefficient (Wildman–Crippen LogP) is 2.39. The predicted molar refractivity (Wildman–Crippen MR) is 70.6 cm³/mol. The van der Waals surface area contributed by atoms with Crippen LogP contribution in [0.4, 0.5) is 5.69 Å². The molecule has 1 aromatic rings. The van der Waals surface area contributed by atoms with E-state index in [4.69, 9.17) is 17.3 Å². The minimum absolute atomic E-state index is 0.0740. The van der Waals surface area contributed by atoms with Gasteiger partial charge in [0.25, 0.3) is 0 Å². The molecule has 17 heavy (non-hydrogen) atoms. The first-order valence-corrected chi connectivity index (χ1v) is 7.34. The van der Waals surface area contributed by atoms with E-state index in [0.717, 1.165) is 12.8 Å². The Hall–Kier alpha value is -0.780. The fourth-order valence-corrected chi connectivity index (χ4v) is 3.20. The highest BCUT2D eigenvalue weighted by Gasteiger charge is 2.20. The second kappa shape index (κ2) is 5.71. The Morgan fingerprint density at radius 1 is 1.35 bits per heavy atom. The highest BCUT2D eigenvalue weighted by Crippen LogP contribution is 2.22. The Morgan fingerprint density at radius 3 is 2.41 bits per heavy atom. The molecule has 0 unspecified atom stereocenters. The van der Waals surface area contributed by atoms with Gasteiger partial charge in [0.2, 0.25) is 10.0 Å². The maximum atomic E-state index is 12.1. The summed E-state index contributed by atoms with van der Waals surface area (Å²) >= 11 is 5.73. The molecule has 3 N–H and O–H groups in total. The van der Waals surface area contributed by atoms with Crippen molar-refractivity contribution in [2.24, 2.45) is 0 Å². The van der Waals surface area contributed by atoms with Gasteiger partial charge < -0.3 is 5.73 Å². The summed E-state index contributed by atoms with van der Waals surface area (Å²) < 4.78 is 26.7. The lowest BCUT2D eigenvalue weighted by Crippen LogP contribution is -2.34. The normalized spacial score (nSPS) is 12.0. The van der Waals surface area contributed by atoms with E-state index in [0.29, 0.717) is 5.02 Å². The van der Waals surface area contributed by atoms with E-state index in [1.165, 1.54) is 18.2 Å². The molecule has 0 aliphatic rings. The molecule has 0 fully saturated rings. The fourth-order valence-electron chi connectivity index (χ4n) is 1.50. The smallest absolute Gasteiger partial charge is 0.242 e. The minimum atomic E-state index is -3.56. The Kier molecular flexibility index (Phi) is 4.80. The molecule has 1 aromatic carbocycles. The SMILES string of the molecule is CCC(CC)NS(=O)(=O)c1ccc(Cl)cc1N. The third-order valence-electron chi connectivity index (χ3n) is 2.57. The number of nitrogen functional groups attached to an aromatic ring is 1. The number of anilines is 1. The lowest BCUT2D eigenvalue weighted by Gasteiger charge is -2.16. The van der Waals surface area contributed by atoms with Gasteiger partial charge in [-0.2, -0.15) is 0 Å². The van der Waals surface area contributed by atoms with Gasteiger partial charge in [0.1, 0.15) is 4.90 Å². The van der Waals surface area contributed by atoms with Crippen LogP contribution >= 0.6 is 11.6 Å². The largest absolute Gasteiger partial charge is 0.398 e. The highest BCUT2D eigenvalue weighted by molar-refractivity contribution is 7.89. The molecule has 4 nitrogen and oxygen atoms in total. The monoisotopic (exact) mass is 276 g/mol. The first kappa shape index (κ1) is 14.3. The summed E-state index contributed by atoms with van der Waals surface area (Å²) in [4.78, 5) is 0.0776. The van der Waals surface area contributed by atoms with E-state index in [2.05, 4.69) is 4.72 Å². The second-order valence-electron chi connectivity index (χ2n) is 3.82. The number of nitrogens with two attached hydrogens (primary N) is 1. The third kappa shape index (κ3) is 3.59. The molecule has 0 spiro atoms. The summed E-state index contributed by atoms with van der Waals surface area (Å²) in [6, 6.07) is 4.29. The van der Waals surface area contributed by atoms with Crippen LogP contribution in [-0.4, -0.2) is 14.5 Å². The maximum absolute atomic E-state index is 12.1. The fraction of sp³-hybridized carbons (Fsp3) is 0.455. The van der Waals surface area contributed by atoms with Crippen LogP contribution in [-0.2, 0) is 10.0 Å². The van der Waals surface area contributed by atoms with E-state index >= 15 is 0 Å². The zero-order chi connectivity index (χ0) is 13.1. The Morgan fingerprint density at radius 2 is 1.94 bits per heavy atom. The molecule has 0 aromatic heterocycles. The standard InChI is InChI=1S/C11H17ClN2O2S/c1-3-9(4-2)14-17(15,16)11-6-5-8(12)7-10(11)13/h5-7,9,14H,3-4,13H2,1-2H3. The van der Waals surface area contributed by atoms with Gasteiger partial charge in [-0.1, -0.05) is 25.4 Å². The molecule has 0 amide bonds. The van der Waals surface area contributed by atoms with Crippen LogP contribution in [0.15, 0.2) is 23.1 Å². The van der Waals surface area contributed by atoms with Gasteiger partial charge in [0, 0.05) is 11.1 Å². The molecule has 96 valence electrons. The number of hydrogen-bond acceptors (Lipinski definition) is 3. The molecule has 0 aliphatic carbocycles. The lowest BCUT2D eigenvalue weighted by atomic mass is 10.2. The summed E-state index contributed by atoms with van der Waals surface area (Å²) in [6.45, 7) is 3.86. The lowest BCUT2D eigenvalue weighted by molar-refractivity contribution is 0.530. The third-order valence-corrected chi connectivity index (χ3v) is 4.40. The molecule has 0 atom stereocenters. The van der Waals surface area contributed by atoms with E-state index in [9.17, 15) is 8.42 Å². The minimum Gasteiger partial charge on any atom is -0.398 e. The Labute approximate surface area is 107 Å². The van der Waals surface area contributed by atoms with E-state index in [-0.39, 0.29) is 16.6 Å². The molecular weight excluding hydrogens is 260 g/mol. The van der Waals surface area contributed by atoms with Crippen molar-refractivity contribution >= 4 is 27.3 Å². The molecule has 0 bridgehead atoms. The van der Waals surface area contributed by atoms with E-state index in [1.807, 2.05) is 13.8 Å². The average molecular weight is 277 g/mol. The number of nitrogens with one attached hydrogen (secondary N) is 1. The van der Waals surface area contributed by atoms with Crippen LogP contribution in [0.1, 0.15) is 26.7 Å². The number of rotatable bonds is 5. The first-order chi connectivity index (χ1) is 7.90. The molecule has 1 rings (SSSR count). The van der Waals surface area contributed by atoms with Gasteiger partial charge in [0.05, 0.1) is 5.69 Å². The second-order valence-corrected chi connectivity index (χ2v) is 5.94. The van der Waals surface area contributed by atoms with Crippen LogP contribution in [0.5, 0.6) is 0 Å². The van der Waals surface area contributed by atoms with Crippen molar-refractivity contribution in [3.63, 3.8) is 0 Å². The summed E-state index contributed by atoms with van der Waals surface area (Å²) in [7, 11) is -3.56. The number of benzene rings is 1. The zero-order valence-electron chi connectivity index (χ0n) is 9.90. The van der Waals surface area contributed by atoms with Crippen molar-refractivity contribution in [1.29, 1.82) is 0 Å². The Bertz CT molecular complexity index is 484. The van der Waals surface area contributed by atoms with Crippen molar-refractivity contribution in [3.05, 3.63) is 23.2 Å². The topological polar surface area (TPSA) is 72.2 Å². The number of hydrogen-bond donors (Lipinski definition) is 2. The van der Waals surface area contributed by atoms with Crippen molar-refractivity contribution in [1.82, 2.24) is 4.72 Å². The number of sulfonamides is 1. The van der Waals surface area contributed by atoms with Crippen LogP contribution in [0.3, 0.4) is 0 Å². The van der Waals surface area contributed by atoms with Crippen LogP contribution < -0.4 is 10.5 Å². The van der Waals surface area contributed by atoms with Gasteiger partial charge in [0.15, 0.2) is 0 Å². The summed E-state index contributed by atoms with van der Waals surface area (Å²) in [5.41, 5.74) is 5.83. The maximum Gasteiger partial charge on any atom is 0.242 e. The summed E-state index contributed by atoms with van der Waals surface area (Å²) in [6.07, 6.45) is 1.48. The summed E-state index contributed by atoms with van der Waals surface area (Å²) in [5, 5.41) is 0.420. The zero-order valence-corrected chi connectivity index (χ0v) is 11.5. The highest BCUT2D eigenvalue weighted by atomic mass is 35.5. The van der Waals surface area contributed by atoms with Crippen LogP contribution in [0.25, 0.3) is 0 Å². The van der Waals surface area contributed by atoms with Gasteiger partial charge >= 0.3 is 0 Å². The quantitative estimate of drug-likeness (QED) is 0.811. The van der Waals surface area contributed by atoms with Crippen molar-refractivity contribution in [2.45, 2.75) is 37.6 Å². The molecule has 6 heteroatoms. The molecule has 0 saturated heterocycles. The van der Waals surface area contributed by atoms with Gasteiger partial charge in [-0.15, -0.1) is 0 Å². The van der Waals surface area contributed by atoms with Gasteiger partial charge in [-0.3, -0.25) is 0 Å². The molecule has 0 aliphatic heterocycles. The molecule has 0 heterocycles. The van der Waals surface area contributed by atoms with Gasteiger partial charge in [-0.25, -0.2) is 13.1 Å². The van der Waals surface area contributed by atoms with E-state index in [1.54, 1.807) is 0 Å². The molecular formula is C11H17ClN2O2S. The van der Waals surface area contributed by atoms with Crippen molar-refractivity contribution in [3.8, 4) is 0 Å². The van der Waals surface area contributed by atoms with Gasteiger partial charge in [-0.05, 0) is 31.0 Å². The Balaban J connectivity index is 3.05. The molecule has 0 radical (unpaired) electrons. The van der Waals surface area contributed by atoms with E-state index < -0.39 is 10.0 Å². The average Bonchev–Trinajstić information content (AvgIpc) is 2.25. The molecule has 0 saturated carbocycles. The number of halogens is 1. The van der Waals surface area contributed by atoms with Crippen molar-refractivity contribution in [2.75, 3.05) is 5.73 Å².